The third-order valence-electron chi connectivity index (χ3n) is 15.3. The predicted octanol–water partition coefficient (Wildman–Crippen LogP) is 4.52. The van der Waals surface area contributed by atoms with Crippen LogP contribution >= 0.6 is 0 Å². The van der Waals surface area contributed by atoms with Gasteiger partial charge in [-0.05, 0) is 100 Å². The largest absolute Gasteiger partial charge is 0.511 e. The smallest absolute Gasteiger partial charge is 0.492 e. The lowest BCUT2D eigenvalue weighted by Crippen LogP contribution is -2.61. The Morgan fingerprint density at radius 3 is 2.59 bits per heavy atom. The van der Waals surface area contributed by atoms with Crippen LogP contribution in [0.25, 0.3) is 10.9 Å². The Bertz CT molecular complexity index is 2240. The van der Waals surface area contributed by atoms with E-state index >= 15 is 4.39 Å². The predicted molar refractivity (Wildman–Crippen MR) is 210 cm³/mol. The van der Waals surface area contributed by atoms with Gasteiger partial charge >= 0.3 is 12.1 Å². The molecule has 14 nitrogen and oxygen atoms in total. The Balaban J connectivity index is 0.847. The SMILES string of the molecule is COc1c(N2C[C@@H]3CCCN[C@@H]3C2)c(F)cc2c(=O)c(C(=O)OCOC(=O)OCC(=O)[C@]3(O)CC[C@@H]4[C@H]5CCC6=CC(=O)C=C[C@@]6(C)C5[C@H](O)C[C@]43C)cn(C3CC3)c12. The quantitative estimate of drug-likeness (QED) is 0.238. The number of nitrogens with zero attached hydrogens (tertiary/aromatic N) is 2. The number of Topliss-reactive ketones (excluding diaryl/α,β-unsaturated/α-hetero) is 1. The first-order valence-corrected chi connectivity index (χ1v) is 21.0. The number of hydrogen-bond donors (Lipinski definition) is 3. The number of methoxy groups -OCH3 is 1. The molecule has 2 saturated heterocycles. The second-order valence-electron chi connectivity index (χ2n) is 18.3. The first-order chi connectivity index (χ1) is 28.2. The van der Waals surface area contributed by atoms with Crippen LogP contribution in [0.4, 0.5) is 14.9 Å². The maximum Gasteiger partial charge on any atom is 0.511 e. The molecule has 59 heavy (non-hydrogen) atoms. The van der Waals surface area contributed by atoms with Gasteiger partial charge < -0.3 is 43.9 Å². The fourth-order valence-electron chi connectivity index (χ4n) is 12.2. The summed E-state index contributed by atoms with van der Waals surface area (Å²) >= 11 is 0. The standard InChI is InChI=1S/C44H52FN3O11/c1-42-12-10-26(49)15-24(42)6-9-27-30-11-13-44(55,43(30,2)17-33(50)35(27)42)34(51)21-57-41(54)59-22-58-40(53)29-19-48(25-7-8-25)36-28(38(29)52)16-31(45)37(39(36)56-3)47-18-23-5-4-14-46-32(23)20-47/h10,12,15-16,19,23,25,27,30,32-33,35,46,50,55H,4-9,11,13-14,17-18,20-22H2,1-3H3/t23-,27+,30+,32+,33+,35?,42+,43+,44+/m0/s1. The van der Waals surface area contributed by atoms with E-state index in [0.717, 1.165) is 43.9 Å². The van der Waals surface area contributed by atoms with Crippen molar-refractivity contribution in [2.75, 3.05) is 45.0 Å². The van der Waals surface area contributed by atoms with Gasteiger partial charge in [0.25, 0.3) is 0 Å². The number of nitrogens with one attached hydrogen (secondary N) is 1. The lowest BCUT2D eigenvalue weighted by Gasteiger charge is -2.59. The van der Waals surface area contributed by atoms with Crippen LogP contribution in [0.2, 0.25) is 0 Å². The molecule has 1 aromatic carbocycles. The number of aliphatic hydroxyl groups excluding tert-OH is 1. The minimum absolute atomic E-state index is 0.00208. The summed E-state index contributed by atoms with van der Waals surface area (Å²) in [5.41, 5.74) is -2.84. The summed E-state index contributed by atoms with van der Waals surface area (Å²) in [6, 6.07) is 1.34. The van der Waals surface area contributed by atoms with Crippen molar-refractivity contribution in [1.82, 2.24) is 9.88 Å². The van der Waals surface area contributed by atoms with Gasteiger partial charge in [0.05, 0.1) is 24.1 Å². The van der Waals surface area contributed by atoms with Gasteiger partial charge in [-0.3, -0.25) is 14.4 Å². The number of allylic oxidation sites excluding steroid dienone is 4. The zero-order valence-electron chi connectivity index (χ0n) is 33.7. The number of esters is 1. The summed E-state index contributed by atoms with van der Waals surface area (Å²) in [4.78, 5) is 67.5. The number of aliphatic hydroxyl groups is 2. The molecule has 6 fully saturated rings. The summed E-state index contributed by atoms with van der Waals surface area (Å²) in [5.74, 6) is -2.19. The highest BCUT2D eigenvalue weighted by molar-refractivity contribution is 6.01. The van der Waals surface area contributed by atoms with Crippen molar-refractivity contribution < 1.29 is 52.7 Å². The molecule has 3 N–H and O–H groups in total. The van der Waals surface area contributed by atoms with Crippen LogP contribution < -0.4 is 20.4 Å². The Hall–Kier alpha value is -4.60. The maximum atomic E-state index is 16.0. The van der Waals surface area contributed by atoms with Gasteiger partial charge in [0, 0.05) is 48.1 Å². The molecule has 316 valence electrons. The summed E-state index contributed by atoms with van der Waals surface area (Å²) in [7, 11) is 1.44. The molecule has 3 heterocycles. The molecule has 1 aromatic heterocycles. The third-order valence-corrected chi connectivity index (χ3v) is 15.3. The van der Waals surface area contributed by atoms with Gasteiger partial charge in [0.15, 0.2) is 24.0 Å². The van der Waals surface area contributed by atoms with Gasteiger partial charge in [-0.25, -0.2) is 14.0 Å². The number of carbonyl (C=O) groups excluding carboxylic acids is 4. The van der Waals surface area contributed by atoms with Gasteiger partial charge in [-0.2, -0.15) is 0 Å². The van der Waals surface area contributed by atoms with Crippen molar-refractivity contribution in [3.05, 3.63) is 57.7 Å². The molecule has 4 saturated carbocycles. The molecule has 9 atom stereocenters. The number of aromatic nitrogens is 1. The van der Waals surface area contributed by atoms with E-state index in [1.807, 2.05) is 24.8 Å². The Labute approximate surface area is 340 Å². The number of fused-ring (bicyclic) bond motifs is 7. The summed E-state index contributed by atoms with van der Waals surface area (Å²) in [5, 5.41) is 27.1. The van der Waals surface area contributed by atoms with Crippen molar-refractivity contribution in [3.63, 3.8) is 0 Å². The topological polar surface area (TPSA) is 183 Å². The van der Waals surface area contributed by atoms with Crippen LogP contribution in [-0.2, 0) is 23.8 Å². The molecule has 2 aliphatic heterocycles. The number of benzene rings is 1. The van der Waals surface area contributed by atoms with Crippen molar-refractivity contribution in [1.29, 1.82) is 0 Å². The van der Waals surface area contributed by atoms with Crippen molar-refractivity contribution in [3.8, 4) is 5.75 Å². The van der Waals surface area contributed by atoms with E-state index in [-0.39, 0.29) is 70.8 Å². The zero-order chi connectivity index (χ0) is 41.6. The first-order valence-electron chi connectivity index (χ1n) is 21.0. The minimum Gasteiger partial charge on any atom is -0.492 e. The van der Waals surface area contributed by atoms with Crippen LogP contribution in [0.15, 0.2) is 40.9 Å². The van der Waals surface area contributed by atoms with E-state index < -0.39 is 65.1 Å². The lowest BCUT2D eigenvalue weighted by molar-refractivity contribution is -0.179. The van der Waals surface area contributed by atoms with Crippen LogP contribution in [-0.4, -0.2) is 96.4 Å². The highest BCUT2D eigenvalue weighted by Gasteiger charge is 2.68. The molecule has 0 radical (unpaired) electrons. The number of pyridine rings is 1. The molecule has 0 amide bonds. The number of ketones is 2. The van der Waals surface area contributed by atoms with E-state index in [0.29, 0.717) is 43.8 Å². The molecule has 0 spiro atoms. The number of halogens is 1. The average Bonchev–Trinajstić information content (AvgIpc) is 3.90. The van der Waals surface area contributed by atoms with Crippen molar-refractivity contribution in [2.24, 2.45) is 34.5 Å². The van der Waals surface area contributed by atoms with E-state index in [1.165, 1.54) is 13.3 Å². The lowest BCUT2D eigenvalue weighted by atomic mass is 9.46. The van der Waals surface area contributed by atoms with E-state index in [1.54, 1.807) is 16.7 Å². The highest BCUT2D eigenvalue weighted by Crippen LogP contribution is 2.67. The van der Waals surface area contributed by atoms with Crippen molar-refractivity contribution in [2.45, 2.75) is 95.4 Å². The number of rotatable bonds is 9. The number of anilines is 1. The third kappa shape index (κ3) is 6.32. The highest BCUT2D eigenvalue weighted by atomic mass is 19.1. The molecule has 5 aliphatic carbocycles. The number of carbonyl (C=O) groups is 4. The van der Waals surface area contributed by atoms with Crippen LogP contribution in [0.5, 0.6) is 5.75 Å². The van der Waals surface area contributed by atoms with Crippen LogP contribution in [0, 0.1) is 40.3 Å². The second kappa shape index (κ2) is 14.5. The van der Waals surface area contributed by atoms with E-state index in [2.05, 4.69) is 5.32 Å². The number of hydrogen-bond acceptors (Lipinski definition) is 13. The van der Waals surface area contributed by atoms with Crippen LogP contribution in [0.1, 0.15) is 88.0 Å². The van der Waals surface area contributed by atoms with E-state index in [9.17, 15) is 34.2 Å². The van der Waals surface area contributed by atoms with E-state index in [4.69, 9.17) is 18.9 Å². The Kier molecular flexibility index (Phi) is 9.82. The zero-order valence-corrected chi connectivity index (χ0v) is 33.7. The molecule has 1 unspecified atom stereocenters. The maximum absolute atomic E-state index is 16.0. The Morgan fingerprint density at radius 2 is 1.85 bits per heavy atom. The van der Waals surface area contributed by atoms with Gasteiger partial charge in [0.1, 0.15) is 16.9 Å². The fourth-order valence-corrected chi connectivity index (χ4v) is 12.2. The normalized spacial score (nSPS) is 34.6. The Morgan fingerprint density at radius 1 is 1.05 bits per heavy atom. The molecule has 2 aromatic rings. The van der Waals surface area contributed by atoms with Gasteiger partial charge in [-0.15, -0.1) is 0 Å². The molecular weight excluding hydrogens is 765 g/mol. The number of ether oxygens (including phenoxy) is 4. The monoisotopic (exact) mass is 817 g/mol. The van der Waals surface area contributed by atoms with Gasteiger partial charge in [-0.1, -0.05) is 25.5 Å². The molecular formula is C44H52FN3O11. The summed E-state index contributed by atoms with van der Waals surface area (Å²) < 4.78 is 38.8. The summed E-state index contributed by atoms with van der Waals surface area (Å²) in [6.45, 7) is 4.28. The fraction of sp³-hybridized carbons (Fsp3) is 0.614. The second-order valence-corrected chi connectivity index (χ2v) is 18.3. The summed E-state index contributed by atoms with van der Waals surface area (Å²) in [6.07, 6.45) is 10.2. The average molecular weight is 818 g/mol. The molecule has 0 bridgehead atoms. The molecule has 7 aliphatic rings. The van der Waals surface area contributed by atoms with Crippen LogP contribution in [0.3, 0.4) is 0 Å². The molecule has 15 heteroatoms. The van der Waals surface area contributed by atoms with Gasteiger partial charge in [0.2, 0.25) is 18.0 Å². The first kappa shape index (κ1) is 39.8. The minimum atomic E-state index is -1.88. The number of piperidine rings is 1. The van der Waals surface area contributed by atoms with Crippen molar-refractivity contribution >= 4 is 40.3 Å². The molecule has 9 rings (SSSR count).